The van der Waals surface area contributed by atoms with Crippen molar-refractivity contribution in [3.63, 3.8) is 0 Å². The molecule has 0 aliphatic carbocycles. The van der Waals surface area contributed by atoms with Crippen molar-refractivity contribution in [1.82, 2.24) is 24.9 Å². The van der Waals surface area contributed by atoms with Gasteiger partial charge in [-0.25, -0.2) is 23.5 Å². The van der Waals surface area contributed by atoms with E-state index in [0.717, 1.165) is 11.3 Å². The van der Waals surface area contributed by atoms with Gasteiger partial charge in [-0.3, -0.25) is 19.7 Å². The molecule has 0 saturated carbocycles. The van der Waals surface area contributed by atoms with E-state index in [1.807, 2.05) is 38.4 Å². The molecule has 4 rings (SSSR count). The van der Waals surface area contributed by atoms with Crippen LogP contribution in [0.25, 0.3) is 0 Å². The fourth-order valence-electron chi connectivity index (χ4n) is 2.37. The first-order valence-electron chi connectivity index (χ1n) is 10.7. The minimum absolute atomic E-state index is 0.0833. The molecule has 0 saturated heterocycles. The van der Waals surface area contributed by atoms with Crippen LogP contribution in [0.2, 0.25) is 0 Å². The molecule has 0 bridgehead atoms. The third-order valence-corrected chi connectivity index (χ3v) is 5.67. The van der Waals surface area contributed by atoms with E-state index in [2.05, 4.69) is 38.8 Å². The average molecular weight is 510 g/mol. The average Bonchev–Trinajstić information content (AvgIpc) is 2.82. The van der Waals surface area contributed by atoms with E-state index in [1.165, 1.54) is 36.0 Å². The largest absolute Gasteiger partial charge is 0.366 e. The monoisotopic (exact) mass is 509 g/mol. The van der Waals surface area contributed by atoms with Gasteiger partial charge in [-0.2, -0.15) is 0 Å². The first-order chi connectivity index (χ1) is 16.9. The van der Waals surface area contributed by atoms with Gasteiger partial charge in [0.15, 0.2) is 0 Å². The Morgan fingerprint density at radius 3 is 1.53 bits per heavy atom. The van der Waals surface area contributed by atoms with E-state index in [-0.39, 0.29) is 4.90 Å². The Bertz CT molecular complexity index is 1330. The van der Waals surface area contributed by atoms with E-state index in [9.17, 15) is 13.2 Å². The summed E-state index contributed by atoms with van der Waals surface area (Å²) in [6.07, 6.45) is 12.8. The first kappa shape index (κ1) is 29.9. The number of nitrogens with two attached hydrogens (primary N) is 2. The predicted molar refractivity (Wildman–Crippen MR) is 138 cm³/mol. The third-order valence-electron chi connectivity index (χ3n) is 4.63. The Kier molecular flexibility index (Phi) is 12.5. The molecule has 0 unspecified atom stereocenters. The van der Waals surface area contributed by atoms with Gasteiger partial charge in [-0.05, 0) is 81.1 Å². The standard InChI is InChI=1S/C7H8N2O.C7H9N.C6H8N2O2S.C5H6N2/c1-5-2-3-9-4-6(5)7(8)10;1-6-3-4-8-5-7(6)2;1-5-2-3-8-4-6(5)11(7,9)10;1-5-2-3-6-4-7-5/h2-4H,1H3,(H2,8,10);3-5H,1-2H3;2-4H,1H3,(H2,7,9,10);2-4H,1H3. The topological polar surface area (TPSA) is 168 Å². The quantitative estimate of drug-likeness (QED) is 0.415. The van der Waals surface area contributed by atoms with Crippen LogP contribution >= 0.6 is 0 Å². The van der Waals surface area contributed by atoms with Gasteiger partial charge < -0.3 is 5.73 Å². The SMILES string of the molecule is Cc1ccncc1C.Cc1ccncc1C(N)=O.Cc1ccncc1S(N)(=O)=O.Cc1ccncn1. The summed E-state index contributed by atoms with van der Waals surface area (Å²) in [7, 11) is -3.60. The third kappa shape index (κ3) is 11.4. The van der Waals surface area contributed by atoms with Crippen LogP contribution in [0.5, 0.6) is 0 Å². The Morgan fingerprint density at radius 2 is 1.22 bits per heavy atom. The van der Waals surface area contributed by atoms with Gasteiger partial charge in [-0.15, -0.1) is 0 Å². The van der Waals surface area contributed by atoms with Crippen molar-refractivity contribution in [1.29, 1.82) is 0 Å². The molecule has 0 aliphatic rings. The fraction of sp³-hybridized carbons (Fsp3) is 0.200. The molecular weight excluding hydrogens is 478 g/mol. The molecule has 0 atom stereocenters. The minimum atomic E-state index is -3.60. The van der Waals surface area contributed by atoms with Crippen molar-refractivity contribution in [2.45, 2.75) is 39.5 Å². The van der Waals surface area contributed by atoms with Gasteiger partial charge in [0, 0.05) is 49.1 Å². The summed E-state index contributed by atoms with van der Waals surface area (Å²) in [6, 6.07) is 7.22. The second-order valence-electron chi connectivity index (χ2n) is 7.55. The van der Waals surface area contributed by atoms with E-state index in [4.69, 9.17) is 10.9 Å². The molecule has 0 spiro atoms. The van der Waals surface area contributed by atoms with Gasteiger partial charge in [0.25, 0.3) is 5.91 Å². The summed E-state index contributed by atoms with van der Waals surface area (Å²) in [4.78, 5) is 29.7. The van der Waals surface area contributed by atoms with Gasteiger partial charge in [0.05, 0.1) is 5.56 Å². The lowest BCUT2D eigenvalue weighted by molar-refractivity contribution is 0.0999. The Hall–Kier alpha value is -4.09. The van der Waals surface area contributed by atoms with Crippen LogP contribution in [0, 0.1) is 34.6 Å². The number of carbonyl (C=O) groups excluding carboxylic acids is 1. The lowest BCUT2D eigenvalue weighted by Gasteiger charge is -1.99. The summed E-state index contributed by atoms with van der Waals surface area (Å²) in [6.45, 7) is 9.56. The minimum Gasteiger partial charge on any atom is -0.366 e. The molecule has 4 aromatic rings. The Labute approximate surface area is 212 Å². The maximum Gasteiger partial charge on any atom is 0.250 e. The highest BCUT2D eigenvalue weighted by Gasteiger charge is 2.09. The van der Waals surface area contributed by atoms with Crippen LogP contribution in [0.3, 0.4) is 0 Å². The second-order valence-corrected chi connectivity index (χ2v) is 9.08. The number of aromatic nitrogens is 5. The van der Waals surface area contributed by atoms with Gasteiger partial charge in [-0.1, -0.05) is 0 Å². The zero-order chi connectivity index (χ0) is 27.1. The van der Waals surface area contributed by atoms with Crippen LogP contribution in [0.15, 0.2) is 78.9 Å². The molecule has 1 amide bonds. The van der Waals surface area contributed by atoms with Crippen LogP contribution < -0.4 is 10.9 Å². The van der Waals surface area contributed by atoms with Crippen molar-refractivity contribution in [3.8, 4) is 0 Å². The summed E-state index contributed by atoms with van der Waals surface area (Å²) >= 11 is 0. The van der Waals surface area contributed by atoms with Crippen molar-refractivity contribution >= 4 is 15.9 Å². The Morgan fingerprint density at radius 1 is 0.694 bits per heavy atom. The highest BCUT2D eigenvalue weighted by molar-refractivity contribution is 7.89. The predicted octanol–water partition coefficient (Wildman–Crippen LogP) is 3.01. The van der Waals surface area contributed by atoms with E-state index in [0.29, 0.717) is 11.1 Å². The number of nitrogens with zero attached hydrogens (tertiary/aromatic N) is 5. The van der Waals surface area contributed by atoms with Crippen LogP contribution in [0.4, 0.5) is 0 Å². The van der Waals surface area contributed by atoms with Crippen molar-refractivity contribution in [2.75, 3.05) is 0 Å². The van der Waals surface area contributed by atoms with E-state index in [1.54, 1.807) is 31.5 Å². The number of hydrogen-bond donors (Lipinski definition) is 2. The summed E-state index contributed by atoms with van der Waals surface area (Å²) in [5.41, 5.74) is 10.6. The number of aryl methyl sites for hydroxylation is 5. The number of sulfonamides is 1. The molecule has 0 radical (unpaired) electrons. The maximum absolute atomic E-state index is 10.8. The fourth-order valence-corrected chi connectivity index (χ4v) is 3.09. The molecule has 4 heterocycles. The normalized spacial score (nSPS) is 9.83. The van der Waals surface area contributed by atoms with Crippen LogP contribution in [-0.4, -0.2) is 39.2 Å². The zero-order valence-electron chi connectivity index (χ0n) is 21.0. The van der Waals surface area contributed by atoms with Crippen molar-refractivity contribution in [3.05, 3.63) is 107 Å². The highest BCUT2D eigenvalue weighted by Crippen LogP contribution is 2.09. The van der Waals surface area contributed by atoms with Crippen molar-refractivity contribution in [2.24, 2.45) is 10.9 Å². The molecule has 0 fully saturated rings. The van der Waals surface area contributed by atoms with Gasteiger partial charge in [0.2, 0.25) is 10.0 Å². The molecule has 10 nitrogen and oxygen atoms in total. The maximum atomic E-state index is 10.8. The second kappa shape index (κ2) is 15.0. The smallest absolute Gasteiger partial charge is 0.250 e. The number of rotatable bonds is 2. The summed E-state index contributed by atoms with van der Waals surface area (Å²) < 4.78 is 21.6. The molecule has 0 aliphatic heterocycles. The summed E-state index contributed by atoms with van der Waals surface area (Å²) in [5, 5.41) is 4.89. The number of pyridine rings is 3. The van der Waals surface area contributed by atoms with Gasteiger partial charge >= 0.3 is 0 Å². The lowest BCUT2D eigenvalue weighted by atomic mass is 10.1. The highest BCUT2D eigenvalue weighted by atomic mass is 32.2. The number of hydrogen-bond acceptors (Lipinski definition) is 8. The lowest BCUT2D eigenvalue weighted by Crippen LogP contribution is -2.13. The number of primary amides is 1. The van der Waals surface area contributed by atoms with Gasteiger partial charge in [0.1, 0.15) is 11.2 Å². The number of amides is 1. The first-order valence-corrected chi connectivity index (χ1v) is 12.2. The molecule has 11 heteroatoms. The van der Waals surface area contributed by atoms with Crippen molar-refractivity contribution < 1.29 is 13.2 Å². The molecule has 4 N–H and O–H groups in total. The van der Waals surface area contributed by atoms with Crippen LogP contribution in [0.1, 0.15) is 38.3 Å². The van der Waals surface area contributed by atoms with E-state index >= 15 is 0 Å². The molecule has 36 heavy (non-hydrogen) atoms. The Balaban J connectivity index is 0.000000243. The zero-order valence-corrected chi connectivity index (χ0v) is 21.8. The van der Waals surface area contributed by atoms with Crippen LogP contribution in [-0.2, 0) is 10.0 Å². The summed E-state index contributed by atoms with van der Waals surface area (Å²) in [5.74, 6) is -0.425. The molecule has 0 aromatic carbocycles. The molecule has 190 valence electrons. The molecular formula is C25H31N7O3S. The molecule has 4 aromatic heterocycles. The van der Waals surface area contributed by atoms with E-state index < -0.39 is 15.9 Å². The number of carbonyl (C=O) groups is 1. The number of primary sulfonamides is 1.